The molecular weight excluding hydrogens is 271 g/mol. The molecule has 0 radical (unpaired) electrons. The second-order valence-corrected chi connectivity index (χ2v) is 5.42. The van der Waals surface area contributed by atoms with Crippen LogP contribution in [-0.4, -0.2) is 4.98 Å². The first-order chi connectivity index (χ1) is 9.65. The van der Waals surface area contributed by atoms with E-state index in [1.54, 1.807) is 23.5 Å². The summed E-state index contributed by atoms with van der Waals surface area (Å²) in [6.07, 6.45) is 0. The van der Waals surface area contributed by atoms with Gasteiger partial charge in [0.1, 0.15) is 10.8 Å². The van der Waals surface area contributed by atoms with Gasteiger partial charge in [0.25, 0.3) is 0 Å². The van der Waals surface area contributed by atoms with Crippen molar-refractivity contribution >= 4 is 17.0 Å². The smallest absolute Gasteiger partial charge is 0.124 e. The molecule has 0 saturated carbocycles. The van der Waals surface area contributed by atoms with Crippen molar-refractivity contribution in [2.24, 2.45) is 0 Å². The number of anilines is 1. The predicted molar refractivity (Wildman–Crippen MR) is 82.1 cm³/mol. The van der Waals surface area contributed by atoms with Gasteiger partial charge in [0.05, 0.1) is 5.69 Å². The fraction of sp³-hybridized carbons (Fsp3) is 0.0625. The Hall–Kier alpha value is -2.20. The van der Waals surface area contributed by atoms with Gasteiger partial charge in [-0.2, -0.15) is 0 Å². The average Bonchev–Trinajstić information content (AvgIpc) is 2.92. The van der Waals surface area contributed by atoms with Crippen LogP contribution in [0.3, 0.4) is 0 Å². The Morgan fingerprint density at radius 3 is 2.60 bits per heavy atom. The topological polar surface area (TPSA) is 38.9 Å². The van der Waals surface area contributed by atoms with Crippen LogP contribution in [0.1, 0.15) is 5.56 Å². The van der Waals surface area contributed by atoms with Gasteiger partial charge in [-0.15, -0.1) is 11.3 Å². The Morgan fingerprint density at radius 2 is 1.85 bits per heavy atom. The molecule has 0 saturated heterocycles. The van der Waals surface area contributed by atoms with Gasteiger partial charge in [0.2, 0.25) is 0 Å². The molecule has 3 aromatic rings. The zero-order valence-corrected chi connectivity index (χ0v) is 11.7. The molecule has 0 atom stereocenters. The summed E-state index contributed by atoms with van der Waals surface area (Å²) >= 11 is 1.56. The van der Waals surface area contributed by atoms with Crippen LogP contribution in [0.5, 0.6) is 0 Å². The van der Waals surface area contributed by atoms with Gasteiger partial charge in [-0.1, -0.05) is 12.1 Å². The number of nitrogens with two attached hydrogens (primary N) is 1. The van der Waals surface area contributed by atoms with Crippen molar-refractivity contribution in [3.05, 3.63) is 59.2 Å². The van der Waals surface area contributed by atoms with E-state index in [0.717, 1.165) is 33.1 Å². The van der Waals surface area contributed by atoms with Crippen molar-refractivity contribution < 1.29 is 4.39 Å². The normalized spacial score (nSPS) is 10.7. The fourth-order valence-electron chi connectivity index (χ4n) is 2.04. The summed E-state index contributed by atoms with van der Waals surface area (Å²) in [6.45, 7) is 1.99. The molecule has 20 heavy (non-hydrogen) atoms. The van der Waals surface area contributed by atoms with Crippen LogP contribution in [0.4, 0.5) is 10.1 Å². The number of hydrogen-bond donors (Lipinski definition) is 1. The van der Waals surface area contributed by atoms with Gasteiger partial charge < -0.3 is 5.73 Å². The summed E-state index contributed by atoms with van der Waals surface area (Å²) in [5.41, 5.74) is 10.5. The van der Waals surface area contributed by atoms with Crippen LogP contribution in [-0.2, 0) is 0 Å². The highest BCUT2D eigenvalue weighted by molar-refractivity contribution is 7.13. The minimum Gasteiger partial charge on any atom is -0.398 e. The van der Waals surface area contributed by atoms with E-state index in [4.69, 9.17) is 5.73 Å². The molecule has 3 rings (SSSR count). The second kappa shape index (κ2) is 5.06. The maximum absolute atomic E-state index is 12.9. The Balaban J connectivity index is 2.02. The van der Waals surface area contributed by atoms with Gasteiger partial charge in [-0.3, -0.25) is 0 Å². The third-order valence-corrected chi connectivity index (χ3v) is 4.13. The van der Waals surface area contributed by atoms with E-state index in [0.29, 0.717) is 0 Å². The molecule has 0 fully saturated rings. The van der Waals surface area contributed by atoms with Crippen LogP contribution >= 0.6 is 11.3 Å². The van der Waals surface area contributed by atoms with Crippen LogP contribution in [0.15, 0.2) is 47.8 Å². The van der Waals surface area contributed by atoms with E-state index in [9.17, 15) is 4.39 Å². The Labute approximate surface area is 120 Å². The second-order valence-electron chi connectivity index (χ2n) is 4.56. The van der Waals surface area contributed by atoms with Gasteiger partial charge >= 0.3 is 0 Å². The van der Waals surface area contributed by atoms with Crippen molar-refractivity contribution in [2.45, 2.75) is 6.92 Å². The van der Waals surface area contributed by atoms with Crippen LogP contribution in [0.25, 0.3) is 21.8 Å². The van der Waals surface area contributed by atoms with E-state index in [1.165, 1.54) is 12.1 Å². The van der Waals surface area contributed by atoms with E-state index in [-0.39, 0.29) is 5.82 Å². The summed E-state index contributed by atoms with van der Waals surface area (Å²) in [7, 11) is 0. The predicted octanol–water partition coefficient (Wildman–Crippen LogP) is 4.51. The zero-order valence-electron chi connectivity index (χ0n) is 10.9. The summed E-state index contributed by atoms with van der Waals surface area (Å²) < 4.78 is 12.9. The molecule has 0 aliphatic heterocycles. The molecule has 100 valence electrons. The Kier molecular flexibility index (Phi) is 3.24. The molecule has 0 amide bonds. The fourth-order valence-corrected chi connectivity index (χ4v) is 2.95. The van der Waals surface area contributed by atoms with Gasteiger partial charge in [-0.25, -0.2) is 9.37 Å². The molecule has 1 heterocycles. The van der Waals surface area contributed by atoms with Crippen molar-refractivity contribution in [3.63, 3.8) is 0 Å². The maximum atomic E-state index is 12.9. The molecule has 0 bridgehead atoms. The molecule has 0 aliphatic rings. The lowest BCUT2D eigenvalue weighted by Gasteiger charge is -2.04. The SMILES string of the molecule is Cc1c(N)cccc1-c1nc(-c2ccc(F)cc2)cs1. The minimum absolute atomic E-state index is 0.240. The number of rotatable bonds is 2. The van der Waals surface area contributed by atoms with Crippen molar-refractivity contribution in [3.8, 4) is 21.8 Å². The van der Waals surface area contributed by atoms with Crippen LogP contribution in [0.2, 0.25) is 0 Å². The highest BCUT2D eigenvalue weighted by Crippen LogP contribution is 2.32. The number of nitrogen functional groups attached to an aromatic ring is 1. The first-order valence-electron chi connectivity index (χ1n) is 6.22. The number of nitrogens with zero attached hydrogens (tertiary/aromatic N) is 1. The number of thiazole rings is 1. The van der Waals surface area contributed by atoms with Crippen molar-refractivity contribution in [1.82, 2.24) is 4.98 Å². The minimum atomic E-state index is -0.240. The van der Waals surface area contributed by atoms with E-state index >= 15 is 0 Å². The lowest BCUT2D eigenvalue weighted by Crippen LogP contribution is -1.91. The van der Waals surface area contributed by atoms with Crippen molar-refractivity contribution in [1.29, 1.82) is 0 Å². The molecule has 1 aromatic heterocycles. The molecule has 2 nitrogen and oxygen atoms in total. The molecule has 2 N–H and O–H groups in total. The van der Waals surface area contributed by atoms with Gasteiger partial charge in [0, 0.05) is 22.2 Å². The maximum Gasteiger partial charge on any atom is 0.124 e. The standard InChI is InChI=1S/C16H13FN2S/c1-10-13(3-2-4-14(10)18)16-19-15(9-20-16)11-5-7-12(17)8-6-11/h2-9H,18H2,1H3. The number of halogens is 1. The quantitative estimate of drug-likeness (QED) is 0.703. The molecule has 2 aromatic carbocycles. The van der Waals surface area contributed by atoms with E-state index < -0.39 is 0 Å². The molecule has 0 unspecified atom stereocenters. The van der Waals surface area contributed by atoms with Crippen molar-refractivity contribution in [2.75, 3.05) is 5.73 Å². The molecular formula is C16H13FN2S. The Bertz CT molecular complexity index is 747. The summed E-state index contributed by atoms with van der Waals surface area (Å²) in [6, 6.07) is 12.2. The van der Waals surface area contributed by atoms with E-state index in [1.807, 2.05) is 30.5 Å². The average molecular weight is 284 g/mol. The monoisotopic (exact) mass is 284 g/mol. The summed E-state index contributed by atoms with van der Waals surface area (Å²) in [4.78, 5) is 4.62. The highest BCUT2D eigenvalue weighted by Gasteiger charge is 2.10. The van der Waals surface area contributed by atoms with E-state index in [2.05, 4.69) is 4.98 Å². The first kappa shape index (κ1) is 12.8. The lowest BCUT2D eigenvalue weighted by molar-refractivity contribution is 0.628. The molecule has 4 heteroatoms. The third kappa shape index (κ3) is 2.30. The first-order valence-corrected chi connectivity index (χ1v) is 7.10. The molecule has 0 spiro atoms. The summed E-state index contributed by atoms with van der Waals surface area (Å²) in [5, 5.41) is 2.90. The third-order valence-electron chi connectivity index (χ3n) is 3.25. The van der Waals surface area contributed by atoms with Gasteiger partial charge in [-0.05, 0) is 42.8 Å². The lowest BCUT2D eigenvalue weighted by atomic mass is 10.1. The van der Waals surface area contributed by atoms with Gasteiger partial charge in [0.15, 0.2) is 0 Å². The molecule has 0 aliphatic carbocycles. The largest absolute Gasteiger partial charge is 0.398 e. The Morgan fingerprint density at radius 1 is 1.10 bits per heavy atom. The summed E-state index contributed by atoms with van der Waals surface area (Å²) in [5.74, 6) is -0.240. The zero-order chi connectivity index (χ0) is 14.1. The van der Waals surface area contributed by atoms with Crippen LogP contribution < -0.4 is 5.73 Å². The number of benzene rings is 2. The number of aromatic nitrogens is 1. The highest BCUT2D eigenvalue weighted by atomic mass is 32.1. The number of hydrogen-bond acceptors (Lipinski definition) is 3. The van der Waals surface area contributed by atoms with Crippen LogP contribution in [0, 0.1) is 12.7 Å².